The normalized spacial score (nSPS) is 11.5. The Kier molecular flexibility index (Phi) is 6.41. The van der Waals surface area contributed by atoms with Gasteiger partial charge in [-0.3, -0.25) is 4.57 Å². The van der Waals surface area contributed by atoms with Crippen molar-refractivity contribution in [1.29, 1.82) is 0 Å². The Hall–Kier alpha value is -0.830. The molecule has 2 N–H and O–H groups in total. The minimum atomic E-state index is -3.80. The van der Waals surface area contributed by atoms with E-state index in [9.17, 15) is 4.57 Å². The van der Waals surface area contributed by atoms with Crippen LogP contribution in [0.2, 0.25) is 0 Å². The van der Waals surface area contributed by atoms with Gasteiger partial charge in [0.05, 0.1) is 7.11 Å². The molecule has 102 valence electrons. The zero-order valence-electron chi connectivity index (χ0n) is 10.7. The van der Waals surface area contributed by atoms with Gasteiger partial charge in [-0.05, 0) is 37.0 Å². The third-order valence-electron chi connectivity index (χ3n) is 2.82. The van der Waals surface area contributed by atoms with Crippen LogP contribution in [0.4, 0.5) is 0 Å². The van der Waals surface area contributed by atoms with E-state index in [1.165, 1.54) is 5.56 Å². The molecule has 1 aromatic rings. The van der Waals surface area contributed by atoms with Crippen LogP contribution in [-0.2, 0) is 11.0 Å². The van der Waals surface area contributed by atoms with Crippen molar-refractivity contribution in [2.45, 2.75) is 32.1 Å². The summed E-state index contributed by atoms with van der Waals surface area (Å²) in [5, 5.41) is 0. The molecule has 0 unspecified atom stereocenters. The third-order valence-corrected chi connectivity index (χ3v) is 3.72. The predicted molar refractivity (Wildman–Crippen MR) is 72.1 cm³/mol. The average Bonchev–Trinajstić information content (AvgIpc) is 2.33. The van der Waals surface area contributed by atoms with Crippen molar-refractivity contribution in [3.05, 3.63) is 29.8 Å². The van der Waals surface area contributed by atoms with Gasteiger partial charge < -0.3 is 14.5 Å². The van der Waals surface area contributed by atoms with Gasteiger partial charge in [-0.15, -0.1) is 0 Å². The molecule has 1 aromatic carbocycles. The Morgan fingerprint density at radius 2 is 1.67 bits per heavy atom. The third kappa shape index (κ3) is 6.80. The fraction of sp³-hybridized carbons (Fsp3) is 0.538. The molecule has 5 heteroatoms. The number of benzene rings is 1. The molecule has 18 heavy (non-hydrogen) atoms. The van der Waals surface area contributed by atoms with Crippen molar-refractivity contribution in [2.24, 2.45) is 0 Å². The Morgan fingerprint density at radius 1 is 1.06 bits per heavy atom. The van der Waals surface area contributed by atoms with Gasteiger partial charge in [0.2, 0.25) is 0 Å². The van der Waals surface area contributed by atoms with E-state index in [0.717, 1.165) is 31.4 Å². The van der Waals surface area contributed by atoms with E-state index in [1.807, 2.05) is 12.1 Å². The summed E-state index contributed by atoms with van der Waals surface area (Å²) >= 11 is 0. The summed E-state index contributed by atoms with van der Waals surface area (Å²) in [6, 6.07) is 8.00. The highest BCUT2D eigenvalue weighted by Gasteiger charge is 2.10. The Labute approximate surface area is 108 Å². The molecule has 0 aliphatic carbocycles. The first-order chi connectivity index (χ1) is 8.51. The smallest absolute Gasteiger partial charge is 0.325 e. The fourth-order valence-corrected chi connectivity index (χ4v) is 2.43. The first-order valence-electron chi connectivity index (χ1n) is 6.19. The molecule has 0 aromatic heterocycles. The van der Waals surface area contributed by atoms with E-state index >= 15 is 0 Å². The van der Waals surface area contributed by atoms with E-state index in [2.05, 4.69) is 12.1 Å². The topological polar surface area (TPSA) is 66.8 Å². The van der Waals surface area contributed by atoms with E-state index in [-0.39, 0.29) is 6.16 Å². The highest BCUT2D eigenvalue weighted by molar-refractivity contribution is 7.51. The van der Waals surface area contributed by atoms with Crippen LogP contribution in [0.5, 0.6) is 5.75 Å². The molecule has 0 radical (unpaired) electrons. The predicted octanol–water partition coefficient (Wildman–Crippen LogP) is 2.98. The minimum Gasteiger partial charge on any atom is -0.497 e. The number of aryl methyl sites for hydroxylation is 1. The highest BCUT2D eigenvalue weighted by atomic mass is 31.2. The average molecular weight is 272 g/mol. The number of hydrogen-bond acceptors (Lipinski definition) is 2. The van der Waals surface area contributed by atoms with Crippen LogP contribution in [0.1, 0.15) is 31.2 Å². The van der Waals surface area contributed by atoms with Gasteiger partial charge in [0.25, 0.3) is 0 Å². The van der Waals surface area contributed by atoms with Crippen molar-refractivity contribution in [2.75, 3.05) is 13.3 Å². The lowest BCUT2D eigenvalue weighted by atomic mass is 10.1. The molecule has 0 aliphatic rings. The lowest BCUT2D eigenvalue weighted by molar-refractivity contribution is 0.370. The van der Waals surface area contributed by atoms with Crippen LogP contribution < -0.4 is 4.74 Å². The first-order valence-corrected chi connectivity index (χ1v) is 7.98. The number of hydrogen-bond donors (Lipinski definition) is 2. The molecule has 0 atom stereocenters. The number of ether oxygens (including phenoxy) is 1. The highest BCUT2D eigenvalue weighted by Crippen LogP contribution is 2.35. The van der Waals surface area contributed by atoms with Crippen LogP contribution in [0.3, 0.4) is 0 Å². The molecule has 1 rings (SSSR count). The largest absolute Gasteiger partial charge is 0.497 e. The molecular weight excluding hydrogens is 251 g/mol. The zero-order chi connectivity index (χ0) is 13.4. The molecule has 0 saturated heterocycles. The van der Waals surface area contributed by atoms with Crippen molar-refractivity contribution in [3.63, 3.8) is 0 Å². The summed E-state index contributed by atoms with van der Waals surface area (Å²) in [5.74, 6) is 0.861. The van der Waals surface area contributed by atoms with Crippen LogP contribution in [0.25, 0.3) is 0 Å². The van der Waals surface area contributed by atoms with Gasteiger partial charge in [0, 0.05) is 6.16 Å². The van der Waals surface area contributed by atoms with Crippen molar-refractivity contribution in [3.8, 4) is 5.75 Å². The van der Waals surface area contributed by atoms with Gasteiger partial charge >= 0.3 is 7.60 Å². The monoisotopic (exact) mass is 272 g/mol. The van der Waals surface area contributed by atoms with E-state index in [1.54, 1.807) is 7.11 Å². The van der Waals surface area contributed by atoms with E-state index < -0.39 is 7.60 Å². The molecule has 0 heterocycles. The summed E-state index contributed by atoms with van der Waals surface area (Å²) < 4.78 is 15.7. The second kappa shape index (κ2) is 7.57. The second-order valence-electron chi connectivity index (χ2n) is 4.40. The molecule has 0 amide bonds. The zero-order valence-corrected chi connectivity index (χ0v) is 11.6. The number of rotatable bonds is 8. The van der Waals surface area contributed by atoms with Crippen molar-refractivity contribution in [1.82, 2.24) is 0 Å². The summed E-state index contributed by atoms with van der Waals surface area (Å²) in [4.78, 5) is 17.4. The fourth-order valence-electron chi connectivity index (χ4n) is 1.79. The van der Waals surface area contributed by atoms with Gasteiger partial charge in [-0.2, -0.15) is 0 Å². The van der Waals surface area contributed by atoms with E-state index in [4.69, 9.17) is 14.5 Å². The van der Waals surface area contributed by atoms with Crippen LogP contribution in [-0.4, -0.2) is 23.1 Å². The SMILES string of the molecule is COc1ccc(CCCCCCP(=O)(O)O)cc1. The Balaban J connectivity index is 2.12. The Bertz CT molecular complexity index is 382. The molecule has 4 nitrogen and oxygen atoms in total. The van der Waals surface area contributed by atoms with Crippen LogP contribution in [0.15, 0.2) is 24.3 Å². The quantitative estimate of drug-likeness (QED) is 0.564. The maximum Gasteiger partial charge on any atom is 0.325 e. The number of unbranched alkanes of at least 4 members (excludes halogenated alkanes) is 3. The molecule has 0 aliphatic heterocycles. The minimum absolute atomic E-state index is 0.00946. The molecule has 0 saturated carbocycles. The first kappa shape index (κ1) is 15.2. The van der Waals surface area contributed by atoms with Gasteiger partial charge in [-0.1, -0.05) is 25.0 Å². The second-order valence-corrected chi connectivity index (χ2v) is 6.18. The molecule has 0 fully saturated rings. The molecule has 0 spiro atoms. The van der Waals surface area contributed by atoms with Gasteiger partial charge in [0.1, 0.15) is 5.75 Å². The summed E-state index contributed by atoms with van der Waals surface area (Å²) in [6.07, 6.45) is 4.54. The van der Waals surface area contributed by atoms with Gasteiger partial charge in [-0.25, -0.2) is 0 Å². The number of methoxy groups -OCH3 is 1. The standard InChI is InChI=1S/C13H21O4P/c1-17-13-9-7-12(8-10-13)6-4-2-3-5-11-18(14,15)16/h7-10H,2-6,11H2,1H3,(H2,14,15,16). The van der Waals surface area contributed by atoms with Crippen molar-refractivity contribution >= 4 is 7.60 Å². The molecular formula is C13H21O4P. The summed E-state index contributed by atoms with van der Waals surface area (Å²) in [5.41, 5.74) is 1.27. The summed E-state index contributed by atoms with van der Waals surface area (Å²) in [6.45, 7) is 0. The maximum absolute atomic E-state index is 10.6. The van der Waals surface area contributed by atoms with Crippen LogP contribution in [0, 0.1) is 0 Å². The summed E-state index contributed by atoms with van der Waals surface area (Å²) in [7, 11) is -2.15. The van der Waals surface area contributed by atoms with Crippen LogP contribution >= 0.6 is 7.60 Å². The lowest BCUT2D eigenvalue weighted by Crippen LogP contribution is -1.90. The lowest BCUT2D eigenvalue weighted by Gasteiger charge is -2.05. The van der Waals surface area contributed by atoms with Crippen molar-refractivity contribution < 1.29 is 19.1 Å². The maximum atomic E-state index is 10.6. The van der Waals surface area contributed by atoms with E-state index in [0.29, 0.717) is 6.42 Å². The molecule has 0 bridgehead atoms. The van der Waals surface area contributed by atoms with Gasteiger partial charge in [0.15, 0.2) is 0 Å². The Morgan fingerprint density at radius 3 is 2.22 bits per heavy atom.